The molecule has 2 aromatic carbocycles. The fourth-order valence-electron chi connectivity index (χ4n) is 4.90. The molecule has 0 amide bonds. The standard InChI is InChI=1S/C25H20FN5/c26-19-8-4-7-18(11-19)23-20(12-27)24(30)25(15-28,16-29)22-9-10-31(14-21(22)23)13-17-5-2-1-3-6-17/h1-9,11,20-21,23,30H,10,13-14H2/t20-,21-,23-/m1/s1. The van der Waals surface area contributed by atoms with Crippen LogP contribution in [0.1, 0.15) is 17.0 Å². The van der Waals surface area contributed by atoms with Crippen LogP contribution in [0.3, 0.4) is 0 Å². The summed E-state index contributed by atoms with van der Waals surface area (Å²) in [6.45, 7) is 1.72. The van der Waals surface area contributed by atoms with Crippen molar-refractivity contribution in [1.29, 1.82) is 21.2 Å². The minimum absolute atomic E-state index is 0.215. The number of rotatable bonds is 3. The van der Waals surface area contributed by atoms with E-state index in [1.807, 2.05) is 48.5 Å². The number of fused-ring (bicyclic) bond motifs is 1. The van der Waals surface area contributed by atoms with Crippen LogP contribution in [0.15, 0.2) is 66.2 Å². The third-order valence-electron chi connectivity index (χ3n) is 6.32. The Morgan fingerprint density at radius 2 is 1.81 bits per heavy atom. The molecule has 1 heterocycles. The van der Waals surface area contributed by atoms with Crippen LogP contribution in [-0.2, 0) is 6.54 Å². The number of hydrogen-bond acceptors (Lipinski definition) is 5. The van der Waals surface area contributed by atoms with Gasteiger partial charge in [0.2, 0.25) is 5.41 Å². The summed E-state index contributed by atoms with van der Waals surface area (Å²) in [5, 5.41) is 38.4. The third kappa shape index (κ3) is 3.40. The SMILES string of the molecule is N#C[C@H]1C(=N)C(C#N)(C#N)C2=CCN(Cc3ccccc3)C[C@H]2[C@@H]1c1cccc(F)c1. The predicted molar refractivity (Wildman–Crippen MR) is 113 cm³/mol. The normalized spacial score (nSPS) is 24.8. The molecule has 0 bridgehead atoms. The van der Waals surface area contributed by atoms with Crippen molar-refractivity contribution in [2.75, 3.05) is 13.1 Å². The van der Waals surface area contributed by atoms with Crippen molar-refractivity contribution in [1.82, 2.24) is 4.90 Å². The monoisotopic (exact) mass is 409 g/mol. The summed E-state index contributed by atoms with van der Waals surface area (Å²) in [4.78, 5) is 2.19. The van der Waals surface area contributed by atoms with Crippen molar-refractivity contribution in [3.8, 4) is 18.2 Å². The van der Waals surface area contributed by atoms with Gasteiger partial charge in [0.15, 0.2) is 0 Å². The van der Waals surface area contributed by atoms with Gasteiger partial charge in [0.05, 0.1) is 29.8 Å². The fourth-order valence-corrected chi connectivity index (χ4v) is 4.90. The van der Waals surface area contributed by atoms with E-state index < -0.39 is 23.1 Å². The summed E-state index contributed by atoms with van der Waals surface area (Å²) in [6.07, 6.45) is 1.86. The zero-order valence-electron chi connectivity index (χ0n) is 16.8. The molecule has 5 nitrogen and oxygen atoms in total. The second-order valence-corrected chi connectivity index (χ2v) is 8.02. The van der Waals surface area contributed by atoms with Gasteiger partial charge in [-0.05, 0) is 28.8 Å². The van der Waals surface area contributed by atoms with Crippen molar-refractivity contribution in [3.63, 3.8) is 0 Å². The van der Waals surface area contributed by atoms with Crippen molar-refractivity contribution in [2.45, 2.75) is 12.5 Å². The highest BCUT2D eigenvalue weighted by atomic mass is 19.1. The molecule has 0 aromatic heterocycles. The third-order valence-corrected chi connectivity index (χ3v) is 6.32. The number of hydrogen-bond donors (Lipinski definition) is 1. The van der Waals surface area contributed by atoms with E-state index in [0.29, 0.717) is 30.8 Å². The molecule has 31 heavy (non-hydrogen) atoms. The Labute approximate surface area is 180 Å². The van der Waals surface area contributed by atoms with Crippen molar-refractivity contribution >= 4 is 5.71 Å². The molecular formula is C25H20FN5. The Kier molecular flexibility index (Phi) is 5.38. The van der Waals surface area contributed by atoms with Crippen LogP contribution >= 0.6 is 0 Å². The quantitative estimate of drug-likeness (QED) is 0.769. The largest absolute Gasteiger partial charge is 0.305 e. The molecule has 0 unspecified atom stereocenters. The summed E-state index contributed by atoms with van der Waals surface area (Å²) >= 11 is 0. The summed E-state index contributed by atoms with van der Waals surface area (Å²) in [7, 11) is 0. The van der Waals surface area contributed by atoms with Gasteiger partial charge in [-0.3, -0.25) is 4.90 Å². The average Bonchev–Trinajstić information content (AvgIpc) is 2.79. The molecule has 0 spiro atoms. The molecule has 1 aliphatic heterocycles. The number of nitriles is 3. The average molecular weight is 409 g/mol. The number of benzene rings is 2. The first kappa shape index (κ1) is 20.5. The molecule has 6 heteroatoms. The lowest BCUT2D eigenvalue weighted by Gasteiger charge is -2.47. The zero-order valence-corrected chi connectivity index (χ0v) is 16.8. The van der Waals surface area contributed by atoms with E-state index in [4.69, 9.17) is 5.41 Å². The highest BCUT2D eigenvalue weighted by Gasteiger charge is 2.56. The molecule has 152 valence electrons. The van der Waals surface area contributed by atoms with E-state index in [2.05, 4.69) is 11.0 Å². The molecule has 2 aliphatic rings. The van der Waals surface area contributed by atoms with E-state index in [1.54, 1.807) is 12.1 Å². The lowest BCUT2D eigenvalue weighted by molar-refractivity contribution is 0.203. The summed E-state index contributed by atoms with van der Waals surface area (Å²) < 4.78 is 14.1. The lowest BCUT2D eigenvalue weighted by Crippen LogP contribution is -2.52. The van der Waals surface area contributed by atoms with E-state index in [0.717, 1.165) is 5.56 Å². The first-order valence-electron chi connectivity index (χ1n) is 10.1. The molecule has 2 aromatic rings. The maximum Gasteiger partial charge on any atom is 0.203 e. The van der Waals surface area contributed by atoms with Crippen molar-refractivity contribution < 1.29 is 4.39 Å². The molecule has 1 saturated carbocycles. The fraction of sp³-hybridized carbons (Fsp3) is 0.280. The van der Waals surface area contributed by atoms with Gasteiger partial charge in [0.25, 0.3) is 0 Å². The van der Waals surface area contributed by atoms with Gasteiger partial charge >= 0.3 is 0 Å². The molecule has 4 rings (SSSR count). The molecule has 0 saturated heterocycles. The van der Waals surface area contributed by atoms with Crippen LogP contribution in [-0.4, -0.2) is 23.7 Å². The Morgan fingerprint density at radius 3 is 2.45 bits per heavy atom. The smallest absolute Gasteiger partial charge is 0.203 e. The second-order valence-electron chi connectivity index (χ2n) is 8.02. The minimum atomic E-state index is -1.76. The first-order valence-corrected chi connectivity index (χ1v) is 10.1. The number of nitrogens with zero attached hydrogens (tertiary/aromatic N) is 4. The Hall–Kier alpha value is -3.79. The Morgan fingerprint density at radius 1 is 1.06 bits per heavy atom. The summed E-state index contributed by atoms with van der Waals surface area (Å²) in [5.41, 5.74) is 0.334. The number of halogens is 1. The van der Waals surface area contributed by atoms with E-state index in [1.165, 1.54) is 12.1 Å². The highest BCUT2D eigenvalue weighted by molar-refractivity contribution is 6.01. The van der Waals surface area contributed by atoms with Crippen molar-refractivity contribution in [2.24, 2.45) is 17.3 Å². The van der Waals surface area contributed by atoms with E-state index in [-0.39, 0.29) is 11.6 Å². The van der Waals surface area contributed by atoms with Gasteiger partial charge in [0, 0.05) is 31.5 Å². The highest BCUT2D eigenvalue weighted by Crippen LogP contribution is 2.52. The molecule has 3 atom stereocenters. The van der Waals surface area contributed by atoms with E-state index in [9.17, 15) is 20.2 Å². The molecule has 1 fully saturated rings. The van der Waals surface area contributed by atoms with Crippen LogP contribution in [0.25, 0.3) is 0 Å². The predicted octanol–water partition coefficient (Wildman–Crippen LogP) is 4.17. The second kappa shape index (κ2) is 8.15. The molecule has 1 N–H and O–H groups in total. The zero-order chi connectivity index (χ0) is 22.0. The van der Waals surface area contributed by atoms with Crippen LogP contribution in [0.2, 0.25) is 0 Å². The summed E-state index contributed by atoms with van der Waals surface area (Å²) in [6, 6.07) is 22.3. The molecular weight excluding hydrogens is 389 g/mol. The van der Waals surface area contributed by atoms with Crippen LogP contribution < -0.4 is 0 Å². The lowest BCUT2D eigenvalue weighted by atomic mass is 9.55. The minimum Gasteiger partial charge on any atom is -0.305 e. The van der Waals surface area contributed by atoms with Gasteiger partial charge in [0.1, 0.15) is 5.82 Å². The van der Waals surface area contributed by atoms with Crippen LogP contribution in [0.5, 0.6) is 0 Å². The van der Waals surface area contributed by atoms with Gasteiger partial charge in [-0.15, -0.1) is 0 Å². The van der Waals surface area contributed by atoms with Crippen LogP contribution in [0.4, 0.5) is 4.39 Å². The topological polar surface area (TPSA) is 98.5 Å². The maximum atomic E-state index is 14.1. The van der Waals surface area contributed by atoms with E-state index >= 15 is 0 Å². The van der Waals surface area contributed by atoms with Gasteiger partial charge in [-0.1, -0.05) is 48.5 Å². The van der Waals surface area contributed by atoms with Gasteiger partial charge < -0.3 is 5.41 Å². The van der Waals surface area contributed by atoms with Crippen LogP contribution in [0, 0.1) is 62.5 Å². The molecule has 0 radical (unpaired) electrons. The van der Waals surface area contributed by atoms with Crippen molar-refractivity contribution in [3.05, 3.63) is 83.2 Å². The Bertz CT molecular complexity index is 1150. The number of nitrogens with one attached hydrogen (secondary N) is 1. The first-order chi connectivity index (χ1) is 15.0. The van der Waals surface area contributed by atoms with Gasteiger partial charge in [-0.25, -0.2) is 4.39 Å². The van der Waals surface area contributed by atoms with Gasteiger partial charge in [-0.2, -0.15) is 15.8 Å². The maximum absolute atomic E-state index is 14.1. The molecule has 1 aliphatic carbocycles. The summed E-state index contributed by atoms with van der Waals surface area (Å²) in [5.74, 6) is -2.26. The Balaban J connectivity index is 1.81.